The molecular formula is C10H12O3S. The maximum Gasteiger partial charge on any atom is 0.318 e. The van der Waals surface area contributed by atoms with Gasteiger partial charge < -0.3 is 4.74 Å². The fourth-order valence-electron chi connectivity index (χ4n) is 1.01. The second-order valence-electron chi connectivity index (χ2n) is 2.88. The lowest BCUT2D eigenvalue weighted by molar-refractivity contribution is -0.137. The monoisotopic (exact) mass is 212 g/mol. The first kappa shape index (κ1) is 10.9. The van der Waals surface area contributed by atoms with Gasteiger partial charge in [0.05, 0.1) is 17.9 Å². The standard InChI is InChI=1S/C10H12O3S/c1-8-4-3-5-9(6-8)14(12)7-10(11)13-2/h3-6H,7H2,1-2H3. The Bertz CT molecular complexity index is 360. The van der Waals surface area contributed by atoms with Gasteiger partial charge in [-0.2, -0.15) is 0 Å². The summed E-state index contributed by atoms with van der Waals surface area (Å²) in [5.41, 5.74) is 1.03. The Hall–Kier alpha value is -1.16. The first-order valence-electron chi connectivity index (χ1n) is 4.15. The summed E-state index contributed by atoms with van der Waals surface area (Å²) in [5, 5.41) is 0. The van der Waals surface area contributed by atoms with Crippen molar-refractivity contribution < 1.29 is 13.7 Å². The molecule has 1 aromatic carbocycles. The molecule has 0 bridgehead atoms. The van der Waals surface area contributed by atoms with Gasteiger partial charge in [-0.1, -0.05) is 12.1 Å². The van der Waals surface area contributed by atoms with Crippen molar-refractivity contribution in [2.45, 2.75) is 11.8 Å². The van der Waals surface area contributed by atoms with Crippen LogP contribution in [0.25, 0.3) is 0 Å². The molecule has 0 aliphatic heterocycles. The van der Waals surface area contributed by atoms with Crippen LogP contribution in [0.3, 0.4) is 0 Å². The number of esters is 1. The molecule has 4 heteroatoms. The number of methoxy groups -OCH3 is 1. The molecule has 0 aliphatic rings. The van der Waals surface area contributed by atoms with Gasteiger partial charge in [-0.3, -0.25) is 9.00 Å². The maximum absolute atomic E-state index is 11.6. The molecule has 0 saturated heterocycles. The summed E-state index contributed by atoms with van der Waals surface area (Å²) in [6.07, 6.45) is 0. The van der Waals surface area contributed by atoms with Crippen LogP contribution in [0.1, 0.15) is 5.56 Å². The number of rotatable bonds is 3. The second-order valence-corrected chi connectivity index (χ2v) is 4.33. The van der Waals surface area contributed by atoms with Gasteiger partial charge in [0.1, 0.15) is 5.75 Å². The Morgan fingerprint density at radius 3 is 2.79 bits per heavy atom. The predicted molar refractivity (Wildman–Crippen MR) is 54.5 cm³/mol. The second kappa shape index (κ2) is 4.91. The molecule has 1 rings (SSSR count). The van der Waals surface area contributed by atoms with E-state index in [1.54, 1.807) is 12.1 Å². The summed E-state index contributed by atoms with van der Waals surface area (Å²) in [5.74, 6) is -0.537. The van der Waals surface area contributed by atoms with Crippen LogP contribution in [0.2, 0.25) is 0 Å². The zero-order chi connectivity index (χ0) is 10.6. The van der Waals surface area contributed by atoms with Gasteiger partial charge in [-0.05, 0) is 24.6 Å². The Morgan fingerprint density at radius 1 is 1.50 bits per heavy atom. The van der Waals surface area contributed by atoms with Gasteiger partial charge in [-0.25, -0.2) is 0 Å². The van der Waals surface area contributed by atoms with E-state index in [9.17, 15) is 9.00 Å². The van der Waals surface area contributed by atoms with Crippen LogP contribution in [0.5, 0.6) is 0 Å². The zero-order valence-electron chi connectivity index (χ0n) is 8.15. The van der Waals surface area contributed by atoms with E-state index >= 15 is 0 Å². The molecule has 1 atom stereocenters. The van der Waals surface area contributed by atoms with Gasteiger partial charge in [-0.15, -0.1) is 0 Å². The minimum atomic E-state index is -1.30. The van der Waals surface area contributed by atoms with Gasteiger partial charge in [0.15, 0.2) is 0 Å². The van der Waals surface area contributed by atoms with Crippen LogP contribution in [0, 0.1) is 6.92 Å². The highest BCUT2D eigenvalue weighted by Crippen LogP contribution is 2.09. The fourth-order valence-corrected chi connectivity index (χ4v) is 2.05. The molecule has 0 fully saturated rings. The Kier molecular flexibility index (Phi) is 3.83. The molecule has 0 heterocycles. The van der Waals surface area contributed by atoms with Crippen LogP contribution in [-0.4, -0.2) is 23.0 Å². The van der Waals surface area contributed by atoms with Gasteiger partial charge >= 0.3 is 5.97 Å². The van der Waals surface area contributed by atoms with Gasteiger partial charge in [0.25, 0.3) is 0 Å². The summed E-state index contributed by atoms with van der Waals surface area (Å²) in [4.78, 5) is 11.5. The van der Waals surface area contributed by atoms with E-state index in [2.05, 4.69) is 4.74 Å². The number of hydrogen-bond acceptors (Lipinski definition) is 3. The third-order valence-electron chi connectivity index (χ3n) is 1.73. The van der Waals surface area contributed by atoms with E-state index in [0.717, 1.165) is 5.56 Å². The molecule has 0 aromatic heterocycles. The van der Waals surface area contributed by atoms with Crippen molar-refractivity contribution in [2.75, 3.05) is 12.9 Å². The first-order chi connectivity index (χ1) is 6.63. The largest absolute Gasteiger partial charge is 0.468 e. The highest BCUT2D eigenvalue weighted by Gasteiger charge is 2.09. The van der Waals surface area contributed by atoms with Crippen molar-refractivity contribution in [1.82, 2.24) is 0 Å². The molecule has 0 aliphatic carbocycles. The van der Waals surface area contributed by atoms with Crippen LogP contribution < -0.4 is 0 Å². The van der Waals surface area contributed by atoms with E-state index in [1.807, 2.05) is 19.1 Å². The molecular weight excluding hydrogens is 200 g/mol. The lowest BCUT2D eigenvalue weighted by Gasteiger charge is -2.01. The molecule has 0 radical (unpaired) electrons. The van der Waals surface area contributed by atoms with Gasteiger partial charge in [0.2, 0.25) is 0 Å². The van der Waals surface area contributed by atoms with Crippen molar-refractivity contribution in [3.05, 3.63) is 29.8 Å². The van der Waals surface area contributed by atoms with Crippen LogP contribution >= 0.6 is 0 Å². The molecule has 0 N–H and O–H groups in total. The van der Waals surface area contributed by atoms with Crippen LogP contribution in [0.4, 0.5) is 0 Å². The number of benzene rings is 1. The van der Waals surface area contributed by atoms with Crippen molar-refractivity contribution in [2.24, 2.45) is 0 Å². The summed E-state index contributed by atoms with van der Waals surface area (Å²) in [6, 6.07) is 7.28. The highest BCUT2D eigenvalue weighted by atomic mass is 32.2. The fraction of sp³-hybridized carbons (Fsp3) is 0.300. The number of ether oxygens (including phenoxy) is 1. The lowest BCUT2D eigenvalue weighted by Crippen LogP contribution is -2.12. The Morgan fingerprint density at radius 2 is 2.21 bits per heavy atom. The van der Waals surface area contributed by atoms with Crippen molar-refractivity contribution in [1.29, 1.82) is 0 Å². The SMILES string of the molecule is COC(=O)CS(=O)c1cccc(C)c1. The molecule has 0 saturated carbocycles. The molecule has 3 nitrogen and oxygen atoms in total. The normalized spacial score (nSPS) is 12.1. The molecule has 1 unspecified atom stereocenters. The minimum absolute atomic E-state index is 0.0834. The summed E-state index contributed by atoms with van der Waals surface area (Å²) in [7, 11) is -0.0107. The quantitative estimate of drug-likeness (QED) is 0.709. The summed E-state index contributed by atoms with van der Waals surface area (Å²) < 4.78 is 16.0. The van der Waals surface area contributed by atoms with E-state index in [1.165, 1.54) is 7.11 Å². The Labute approximate surface area is 85.5 Å². The van der Waals surface area contributed by atoms with Gasteiger partial charge in [0, 0.05) is 4.90 Å². The van der Waals surface area contributed by atoms with E-state index < -0.39 is 16.8 Å². The molecule has 14 heavy (non-hydrogen) atoms. The number of carbonyl (C=O) groups excluding carboxylic acids is 1. The van der Waals surface area contributed by atoms with E-state index in [4.69, 9.17) is 0 Å². The van der Waals surface area contributed by atoms with E-state index in [-0.39, 0.29) is 5.75 Å². The molecule has 76 valence electrons. The van der Waals surface area contributed by atoms with Crippen molar-refractivity contribution >= 4 is 16.8 Å². The molecule has 0 spiro atoms. The first-order valence-corrected chi connectivity index (χ1v) is 5.47. The number of carbonyl (C=O) groups is 1. The third-order valence-corrected chi connectivity index (χ3v) is 3.01. The highest BCUT2D eigenvalue weighted by molar-refractivity contribution is 7.85. The molecule has 1 aromatic rings. The van der Waals surface area contributed by atoms with Crippen molar-refractivity contribution in [3.8, 4) is 0 Å². The van der Waals surface area contributed by atoms with Crippen LogP contribution in [-0.2, 0) is 20.3 Å². The summed E-state index contributed by atoms with van der Waals surface area (Å²) >= 11 is 0. The van der Waals surface area contributed by atoms with E-state index in [0.29, 0.717) is 4.90 Å². The third kappa shape index (κ3) is 2.96. The maximum atomic E-state index is 11.6. The number of aryl methyl sites for hydroxylation is 1. The number of hydrogen-bond donors (Lipinski definition) is 0. The Balaban J connectivity index is 2.75. The topological polar surface area (TPSA) is 43.4 Å². The minimum Gasteiger partial charge on any atom is -0.468 e. The van der Waals surface area contributed by atoms with Crippen LogP contribution in [0.15, 0.2) is 29.2 Å². The molecule has 0 amide bonds. The summed E-state index contributed by atoms with van der Waals surface area (Å²) in [6.45, 7) is 1.92. The average Bonchev–Trinajstić information content (AvgIpc) is 2.17. The average molecular weight is 212 g/mol. The smallest absolute Gasteiger partial charge is 0.318 e. The lowest BCUT2D eigenvalue weighted by atomic mass is 10.2. The predicted octanol–water partition coefficient (Wildman–Crippen LogP) is 1.28. The zero-order valence-corrected chi connectivity index (χ0v) is 8.97. The van der Waals surface area contributed by atoms with Crippen molar-refractivity contribution in [3.63, 3.8) is 0 Å².